The third-order valence-electron chi connectivity index (χ3n) is 3.77. The summed E-state index contributed by atoms with van der Waals surface area (Å²) >= 11 is 0. The summed E-state index contributed by atoms with van der Waals surface area (Å²) < 4.78 is 0. The van der Waals surface area contributed by atoms with Gasteiger partial charge in [0.2, 0.25) is 0 Å². The quantitative estimate of drug-likeness (QED) is 0.446. The lowest BCUT2D eigenvalue weighted by atomic mass is 9.95. The molecular weight excluding hydrogens is 240 g/mol. The van der Waals surface area contributed by atoms with Crippen molar-refractivity contribution in [1.29, 1.82) is 0 Å². The van der Waals surface area contributed by atoms with Gasteiger partial charge in [-0.2, -0.15) is 0 Å². The summed E-state index contributed by atoms with van der Waals surface area (Å²) in [5, 5.41) is 0. The molecule has 0 heteroatoms. The Kier molecular flexibility index (Phi) is 8.34. The Morgan fingerprint density at radius 3 is 2.15 bits per heavy atom. The zero-order valence-electron chi connectivity index (χ0n) is 14.0. The molecule has 0 bridgehead atoms. The average molecular weight is 272 g/mol. The number of allylic oxidation sites excluding steroid dienone is 1. The summed E-state index contributed by atoms with van der Waals surface area (Å²) in [4.78, 5) is 0. The van der Waals surface area contributed by atoms with Gasteiger partial charge in [0.1, 0.15) is 0 Å². The first kappa shape index (κ1) is 17.0. The van der Waals surface area contributed by atoms with E-state index in [4.69, 9.17) is 0 Å². The molecule has 1 aromatic rings. The zero-order valence-corrected chi connectivity index (χ0v) is 14.0. The van der Waals surface area contributed by atoms with E-state index in [0.29, 0.717) is 0 Å². The van der Waals surface area contributed by atoms with Crippen molar-refractivity contribution in [3.05, 3.63) is 40.5 Å². The Balaban J connectivity index is 2.81. The number of unbranched alkanes of at least 4 members (excludes halogenated alkanes) is 4. The minimum absolute atomic E-state index is 1.23. The van der Waals surface area contributed by atoms with Crippen LogP contribution in [0.2, 0.25) is 0 Å². The third-order valence-corrected chi connectivity index (χ3v) is 3.77. The maximum atomic E-state index is 2.46. The summed E-state index contributed by atoms with van der Waals surface area (Å²) in [6.07, 6.45) is 12.7. The third kappa shape index (κ3) is 6.41. The highest BCUT2D eigenvalue weighted by molar-refractivity contribution is 5.56. The Bertz CT molecular complexity index is 408. The first-order chi connectivity index (χ1) is 9.67. The molecule has 0 amide bonds. The molecule has 0 atom stereocenters. The molecule has 0 saturated heterocycles. The number of hydrogen-bond acceptors (Lipinski definition) is 0. The van der Waals surface area contributed by atoms with Gasteiger partial charge in [0.15, 0.2) is 0 Å². The van der Waals surface area contributed by atoms with E-state index in [1.807, 2.05) is 0 Å². The van der Waals surface area contributed by atoms with Crippen LogP contribution in [0.4, 0.5) is 0 Å². The number of benzene rings is 1. The topological polar surface area (TPSA) is 0 Å². The van der Waals surface area contributed by atoms with Gasteiger partial charge < -0.3 is 0 Å². The van der Waals surface area contributed by atoms with Gasteiger partial charge in [-0.25, -0.2) is 0 Å². The van der Waals surface area contributed by atoms with E-state index in [1.54, 1.807) is 5.56 Å². The van der Waals surface area contributed by atoms with Gasteiger partial charge in [-0.3, -0.25) is 0 Å². The van der Waals surface area contributed by atoms with E-state index in [-0.39, 0.29) is 0 Å². The summed E-state index contributed by atoms with van der Waals surface area (Å²) in [5.41, 5.74) is 5.89. The molecule has 0 aliphatic heterocycles. The molecule has 0 fully saturated rings. The Morgan fingerprint density at radius 1 is 0.900 bits per heavy atom. The van der Waals surface area contributed by atoms with Crippen LogP contribution < -0.4 is 0 Å². The van der Waals surface area contributed by atoms with Crippen LogP contribution in [0.1, 0.15) is 82.9 Å². The molecule has 0 aliphatic carbocycles. The van der Waals surface area contributed by atoms with E-state index < -0.39 is 0 Å². The first-order valence-electron chi connectivity index (χ1n) is 8.44. The van der Waals surface area contributed by atoms with Crippen molar-refractivity contribution in [2.45, 2.75) is 79.1 Å². The summed E-state index contributed by atoms with van der Waals surface area (Å²) in [6.45, 7) is 8.92. The fraction of sp³-hybridized carbons (Fsp3) is 0.600. The highest BCUT2D eigenvalue weighted by Gasteiger charge is 2.03. The van der Waals surface area contributed by atoms with Gasteiger partial charge in [-0.1, -0.05) is 69.4 Å². The summed E-state index contributed by atoms with van der Waals surface area (Å²) in [7, 11) is 0. The van der Waals surface area contributed by atoms with Crippen molar-refractivity contribution >= 4 is 6.08 Å². The minimum Gasteiger partial charge on any atom is -0.0758 e. The van der Waals surface area contributed by atoms with E-state index >= 15 is 0 Å². The lowest BCUT2D eigenvalue weighted by Crippen LogP contribution is -1.94. The Labute approximate surface area is 126 Å². The van der Waals surface area contributed by atoms with Gasteiger partial charge in [0.05, 0.1) is 0 Å². The van der Waals surface area contributed by atoms with Crippen LogP contribution in [-0.4, -0.2) is 0 Å². The van der Waals surface area contributed by atoms with Crippen molar-refractivity contribution in [3.63, 3.8) is 0 Å². The number of rotatable bonds is 9. The molecule has 0 N–H and O–H groups in total. The summed E-state index contributed by atoms with van der Waals surface area (Å²) in [5.74, 6) is 0. The van der Waals surface area contributed by atoms with Gasteiger partial charge in [-0.05, 0) is 56.2 Å². The average Bonchev–Trinajstić information content (AvgIpc) is 2.41. The maximum absolute atomic E-state index is 2.46. The monoisotopic (exact) mass is 272 g/mol. The molecule has 0 unspecified atom stereocenters. The summed E-state index contributed by atoms with van der Waals surface area (Å²) in [6, 6.07) is 7.11. The minimum atomic E-state index is 1.23. The largest absolute Gasteiger partial charge is 0.0758 e. The highest BCUT2D eigenvalue weighted by Crippen LogP contribution is 2.20. The Morgan fingerprint density at radius 2 is 1.55 bits per heavy atom. The van der Waals surface area contributed by atoms with Crippen molar-refractivity contribution in [1.82, 2.24) is 0 Å². The molecule has 0 heterocycles. The second-order valence-electron chi connectivity index (χ2n) is 6.17. The van der Waals surface area contributed by atoms with Crippen LogP contribution in [0.3, 0.4) is 0 Å². The van der Waals surface area contributed by atoms with Crippen LogP contribution in [0.15, 0.2) is 23.8 Å². The van der Waals surface area contributed by atoms with Crippen molar-refractivity contribution < 1.29 is 0 Å². The molecule has 112 valence electrons. The molecule has 0 spiro atoms. The van der Waals surface area contributed by atoms with Crippen LogP contribution in [-0.2, 0) is 12.8 Å². The smallest absolute Gasteiger partial charge is 0.0225 e. The number of hydrogen-bond donors (Lipinski definition) is 0. The lowest BCUT2D eigenvalue weighted by Gasteiger charge is -2.10. The Hall–Kier alpha value is -1.04. The van der Waals surface area contributed by atoms with Crippen LogP contribution in [0, 0.1) is 0 Å². The normalized spacial score (nSPS) is 10.6. The zero-order chi connectivity index (χ0) is 14.8. The molecule has 0 saturated carbocycles. The predicted octanol–water partition coefficient (Wildman–Crippen LogP) is 6.58. The highest BCUT2D eigenvalue weighted by atomic mass is 14.1. The molecule has 0 nitrogen and oxygen atoms in total. The predicted molar refractivity (Wildman–Crippen MR) is 92.2 cm³/mol. The fourth-order valence-electron chi connectivity index (χ4n) is 2.63. The van der Waals surface area contributed by atoms with E-state index in [9.17, 15) is 0 Å². The van der Waals surface area contributed by atoms with Crippen molar-refractivity contribution in [2.24, 2.45) is 0 Å². The van der Waals surface area contributed by atoms with Crippen LogP contribution in [0.25, 0.3) is 6.08 Å². The standard InChI is InChI=1S/C20H32/c1-5-7-9-11-18-13-14-20(15-17(3)4)19(16-18)12-10-8-6-2/h13-16H,5-12H2,1-4H3. The SMILES string of the molecule is CCCCCc1ccc(C=C(C)C)c(CCCCC)c1. The van der Waals surface area contributed by atoms with Crippen molar-refractivity contribution in [3.8, 4) is 0 Å². The van der Waals surface area contributed by atoms with E-state index in [2.05, 4.69) is 52.0 Å². The molecule has 1 aromatic carbocycles. The molecule has 0 radical (unpaired) electrons. The fourth-order valence-corrected chi connectivity index (χ4v) is 2.63. The molecule has 0 aliphatic rings. The number of aryl methyl sites for hydroxylation is 2. The van der Waals surface area contributed by atoms with Gasteiger partial charge in [0.25, 0.3) is 0 Å². The van der Waals surface area contributed by atoms with Gasteiger partial charge >= 0.3 is 0 Å². The molecule has 1 rings (SSSR count). The first-order valence-corrected chi connectivity index (χ1v) is 8.44. The lowest BCUT2D eigenvalue weighted by molar-refractivity contribution is 0.708. The van der Waals surface area contributed by atoms with Crippen LogP contribution >= 0.6 is 0 Å². The van der Waals surface area contributed by atoms with Crippen molar-refractivity contribution in [2.75, 3.05) is 0 Å². The molecule has 20 heavy (non-hydrogen) atoms. The molecular formula is C20H32. The maximum Gasteiger partial charge on any atom is -0.0225 e. The van der Waals surface area contributed by atoms with Gasteiger partial charge in [0, 0.05) is 0 Å². The van der Waals surface area contributed by atoms with Gasteiger partial charge in [-0.15, -0.1) is 0 Å². The molecule has 0 aromatic heterocycles. The van der Waals surface area contributed by atoms with Crippen LogP contribution in [0.5, 0.6) is 0 Å². The second kappa shape index (κ2) is 9.80. The van der Waals surface area contributed by atoms with E-state index in [0.717, 1.165) is 0 Å². The second-order valence-corrected chi connectivity index (χ2v) is 6.17. The van der Waals surface area contributed by atoms with E-state index in [1.165, 1.54) is 68.1 Å².